The number of fused-ring (bicyclic) bond motifs is 1. The molecule has 1 aromatic rings. The fourth-order valence-corrected chi connectivity index (χ4v) is 3.95. The second-order valence-corrected chi connectivity index (χ2v) is 7.23. The van der Waals surface area contributed by atoms with E-state index in [9.17, 15) is 9.18 Å². The van der Waals surface area contributed by atoms with Gasteiger partial charge >= 0.3 is 0 Å². The molecule has 1 fully saturated rings. The second-order valence-electron chi connectivity index (χ2n) is 7.23. The Bertz CT molecular complexity index is 705. The van der Waals surface area contributed by atoms with Crippen LogP contribution in [0.4, 0.5) is 4.39 Å². The van der Waals surface area contributed by atoms with E-state index in [0.29, 0.717) is 25.5 Å². The lowest BCUT2D eigenvalue weighted by Gasteiger charge is -2.33. The minimum atomic E-state index is -1.16. The maximum Gasteiger partial charge on any atom is 0.218 e. The molecule has 24 heavy (non-hydrogen) atoms. The van der Waals surface area contributed by atoms with Gasteiger partial charge in [0.2, 0.25) is 11.6 Å². The van der Waals surface area contributed by atoms with Gasteiger partial charge in [0.25, 0.3) is 0 Å². The fourth-order valence-electron chi connectivity index (χ4n) is 3.95. The highest BCUT2D eigenvalue weighted by molar-refractivity contribution is 5.94. The molecule has 4 atom stereocenters. The third-order valence-corrected chi connectivity index (χ3v) is 5.46. The smallest absolute Gasteiger partial charge is 0.218 e. The van der Waals surface area contributed by atoms with Crippen molar-refractivity contribution in [3.63, 3.8) is 0 Å². The first-order valence-electron chi connectivity index (χ1n) is 8.65. The van der Waals surface area contributed by atoms with Crippen LogP contribution in [0.1, 0.15) is 61.3 Å². The summed E-state index contributed by atoms with van der Waals surface area (Å²) < 4.78 is 21.5. The molecule has 128 valence electrons. The first-order valence-corrected chi connectivity index (χ1v) is 8.65. The number of ketones is 1. The maximum absolute atomic E-state index is 14.5. The van der Waals surface area contributed by atoms with Crippen molar-refractivity contribution in [2.24, 2.45) is 11.3 Å². The minimum Gasteiger partial charge on any atom is -0.381 e. The highest BCUT2D eigenvalue weighted by atomic mass is 19.1. The summed E-state index contributed by atoms with van der Waals surface area (Å²) in [6.07, 6.45) is 9.89. The van der Waals surface area contributed by atoms with Gasteiger partial charge in [0, 0.05) is 24.4 Å². The van der Waals surface area contributed by atoms with E-state index in [1.807, 2.05) is 12.2 Å². The van der Waals surface area contributed by atoms with Gasteiger partial charge in [-0.25, -0.2) is 14.1 Å². The first kappa shape index (κ1) is 15.7. The number of aromatic nitrogens is 3. The van der Waals surface area contributed by atoms with E-state index in [-0.39, 0.29) is 29.0 Å². The Balaban J connectivity index is 1.62. The normalized spacial score (nSPS) is 35.2. The summed E-state index contributed by atoms with van der Waals surface area (Å²) in [6, 6.07) is -0.111. The molecule has 1 aliphatic carbocycles. The number of alkyl halides is 1. The largest absolute Gasteiger partial charge is 0.381 e. The zero-order valence-corrected chi connectivity index (χ0v) is 13.8. The third-order valence-electron chi connectivity index (χ3n) is 5.46. The standard InChI is InChI=1S/C18H22FN3O2/c1-18(7-3-2-4-8-18)14-10-13(19)17-20-16(21-22(14)17)15(23)12-6-5-9-24-11-12/h2-4,7,12-14H,5-6,8-11H2,1H3/t12?,13-,14-,18?/m0/s1. The van der Waals surface area contributed by atoms with Gasteiger partial charge in [-0.1, -0.05) is 31.2 Å². The molecule has 5 nitrogen and oxygen atoms in total. The molecule has 2 aliphatic heterocycles. The van der Waals surface area contributed by atoms with Crippen LogP contribution in [0, 0.1) is 11.3 Å². The van der Waals surface area contributed by atoms with E-state index in [0.717, 1.165) is 19.3 Å². The van der Waals surface area contributed by atoms with Crippen LogP contribution in [-0.2, 0) is 4.74 Å². The average molecular weight is 331 g/mol. The van der Waals surface area contributed by atoms with Crippen LogP contribution in [-0.4, -0.2) is 33.8 Å². The Hall–Kier alpha value is -1.82. The van der Waals surface area contributed by atoms with E-state index >= 15 is 0 Å². The molecule has 0 saturated carbocycles. The second kappa shape index (κ2) is 5.92. The SMILES string of the molecule is CC1([C@@H]2C[C@H](F)c3nc(C(=O)C4CCCOC4)nn32)C=CC=CC1. The van der Waals surface area contributed by atoms with Gasteiger partial charge in [0.1, 0.15) is 0 Å². The maximum atomic E-state index is 14.5. The van der Waals surface area contributed by atoms with Crippen LogP contribution in [0.2, 0.25) is 0 Å². The number of halogens is 1. The Kier molecular flexibility index (Phi) is 3.87. The molecule has 1 saturated heterocycles. The molecule has 3 aliphatic rings. The topological polar surface area (TPSA) is 57.0 Å². The fraction of sp³-hybridized carbons (Fsp3) is 0.611. The van der Waals surface area contributed by atoms with Crippen molar-refractivity contribution in [2.75, 3.05) is 13.2 Å². The number of ether oxygens (including phenoxy) is 1. The number of rotatable bonds is 3. The summed E-state index contributed by atoms with van der Waals surface area (Å²) in [5.41, 5.74) is -0.202. The molecule has 0 amide bonds. The molecule has 0 bridgehead atoms. The zero-order valence-electron chi connectivity index (χ0n) is 13.8. The summed E-state index contributed by atoms with van der Waals surface area (Å²) in [5, 5.41) is 4.42. The Morgan fingerprint density at radius 2 is 2.33 bits per heavy atom. The van der Waals surface area contributed by atoms with Gasteiger partial charge in [0.05, 0.1) is 12.6 Å². The first-order chi connectivity index (χ1) is 11.6. The number of carbonyl (C=O) groups excluding carboxylic acids is 1. The van der Waals surface area contributed by atoms with Crippen LogP contribution in [0.15, 0.2) is 24.3 Å². The number of nitrogens with zero attached hydrogens (tertiary/aromatic N) is 3. The Morgan fingerprint density at radius 3 is 3.04 bits per heavy atom. The Labute approximate surface area is 140 Å². The molecule has 0 N–H and O–H groups in total. The molecule has 0 spiro atoms. The highest BCUT2D eigenvalue weighted by Crippen LogP contribution is 2.48. The number of carbonyl (C=O) groups is 1. The molecule has 6 heteroatoms. The van der Waals surface area contributed by atoms with Gasteiger partial charge in [-0.15, -0.1) is 5.10 Å². The summed E-state index contributed by atoms with van der Waals surface area (Å²) in [6.45, 7) is 3.22. The summed E-state index contributed by atoms with van der Waals surface area (Å²) in [5.74, 6) is 0.120. The van der Waals surface area contributed by atoms with E-state index in [2.05, 4.69) is 29.2 Å². The summed E-state index contributed by atoms with van der Waals surface area (Å²) in [7, 11) is 0. The van der Waals surface area contributed by atoms with Crippen LogP contribution >= 0.6 is 0 Å². The lowest BCUT2D eigenvalue weighted by molar-refractivity contribution is 0.0453. The predicted molar refractivity (Wildman–Crippen MR) is 86.4 cm³/mol. The number of hydrogen-bond donors (Lipinski definition) is 0. The predicted octanol–water partition coefficient (Wildman–Crippen LogP) is 3.37. The minimum absolute atomic E-state index is 0.111. The Morgan fingerprint density at radius 1 is 1.46 bits per heavy atom. The van der Waals surface area contributed by atoms with Gasteiger partial charge < -0.3 is 4.74 Å². The lowest BCUT2D eigenvalue weighted by atomic mass is 9.76. The molecule has 2 unspecified atom stereocenters. The van der Waals surface area contributed by atoms with E-state index in [4.69, 9.17) is 4.74 Å². The molecular formula is C18H22FN3O2. The van der Waals surface area contributed by atoms with E-state index in [1.165, 1.54) is 0 Å². The van der Waals surface area contributed by atoms with Gasteiger partial charge in [-0.3, -0.25) is 4.79 Å². The van der Waals surface area contributed by atoms with Crippen molar-refractivity contribution in [1.29, 1.82) is 0 Å². The van der Waals surface area contributed by atoms with Crippen molar-refractivity contribution in [3.8, 4) is 0 Å². The summed E-state index contributed by atoms with van der Waals surface area (Å²) >= 11 is 0. The molecule has 3 heterocycles. The van der Waals surface area contributed by atoms with Gasteiger partial charge in [0.15, 0.2) is 12.0 Å². The van der Waals surface area contributed by atoms with E-state index in [1.54, 1.807) is 4.68 Å². The average Bonchev–Trinajstić information content (AvgIpc) is 3.17. The van der Waals surface area contributed by atoms with Crippen molar-refractivity contribution in [2.45, 2.75) is 44.8 Å². The molecule has 0 aromatic carbocycles. The van der Waals surface area contributed by atoms with E-state index < -0.39 is 6.17 Å². The summed E-state index contributed by atoms with van der Waals surface area (Å²) in [4.78, 5) is 16.9. The molecule has 0 radical (unpaired) electrons. The van der Waals surface area contributed by atoms with Gasteiger partial charge in [-0.2, -0.15) is 0 Å². The van der Waals surface area contributed by atoms with Crippen molar-refractivity contribution >= 4 is 5.78 Å². The molecule has 4 rings (SSSR count). The number of allylic oxidation sites excluding steroid dienone is 4. The molecular weight excluding hydrogens is 309 g/mol. The van der Waals surface area contributed by atoms with Crippen molar-refractivity contribution in [1.82, 2.24) is 14.8 Å². The quantitative estimate of drug-likeness (QED) is 0.797. The van der Waals surface area contributed by atoms with Crippen LogP contribution in [0.3, 0.4) is 0 Å². The van der Waals surface area contributed by atoms with Crippen LogP contribution in [0.25, 0.3) is 0 Å². The monoisotopic (exact) mass is 331 g/mol. The van der Waals surface area contributed by atoms with Crippen molar-refractivity contribution < 1.29 is 13.9 Å². The highest BCUT2D eigenvalue weighted by Gasteiger charge is 2.44. The number of hydrogen-bond acceptors (Lipinski definition) is 4. The molecule has 1 aromatic heterocycles. The lowest BCUT2D eigenvalue weighted by Crippen LogP contribution is -2.29. The van der Waals surface area contributed by atoms with Crippen LogP contribution < -0.4 is 0 Å². The zero-order chi connectivity index (χ0) is 16.7. The van der Waals surface area contributed by atoms with Crippen LogP contribution in [0.5, 0.6) is 0 Å². The van der Waals surface area contributed by atoms with Gasteiger partial charge in [-0.05, 0) is 19.3 Å². The number of Topliss-reactive ketones (excluding diaryl/α,β-unsaturated/α-hetero) is 1. The van der Waals surface area contributed by atoms with Crippen molar-refractivity contribution in [3.05, 3.63) is 36.0 Å². The third kappa shape index (κ3) is 2.53.